The number of nitrogens with two attached hydrogens (primary N) is 4. The fourth-order valence-electron chi connectivity index (χ4n) is 12.7. The molecule has 0 unspecified atom stereocenters. The molecule has 618 valence electrons. The summed E-state index contributed by atoms with van der Waals surface area (Å²) in [6.07, 6.45) is 0.604. The molecule has 3 aromatic carbocycles. The number of primary amides is 2. The molecule has 0 saturated carbocycles. The number of aromatic nitrogens is 3. The van der Waals surface area contributed by atoms with Gasteiger partial charge in [0.25, 0.3) is 0 Å². The number of hydrogen-bond donors (Lipinski definition) is 21. The number of hydrogen-bond acceptors (Lipinski definition) is 18. The molecule has 0 saturated heterocycles. The minimum absolute atomic E-state index is 0.0146. The predicted octanol–water partition coefficient (Wildman–Crippen LogP) is -0.718. The van der Waals surface area contributed by atoms with Gasteiger partial charge in [-0.05, 0) is 104 Å². The minimum Gasteiger partial charge on any atom is -0.481 e. The first-order valence-corrected chi connectivity index (χ1v) is 37.7. The van der Waals surface area contributed by atoms with Crippen molar-refractivity contribution in [1.29, 1.82) is 0 Å². The lowest BCUT2D eigenvalue weighted by Crippen LogP contribution is -2.61. The first kappa shape index (κ1) is 90.6. The monoisotopic (exact) mass is 1590 g/mol. The van der Waals surface area contributed by atoms with E-state index in [1.165, 1.54) is 12.4 Å². The Bertz CT molecular complexity index is 4420. The highest BCUT2D eigenvalue weighted by Crippen LogP contribution is 2.24. The largest absolute Gasteiger partial charge is 0.481 e. The third-order valence-electron chi connectivity index (χ3n) is 19.2. The third-order valence-corrected chi connectivity index (χ3v) is 19.2. The number of aromatic amines is 3. The number of amides is 13. The number of para-hydroxylation sites is 3. The standard InChI is InChI=1S/C77H106N18O19/c1-7-41(6)66(77(113)114)95-74(110)56(31-42-35-82-49-19-11-8-16-45(42)49)86-62(98)38-85-76(112)65(40(4)5)94-75(111)58(33-44-37-84-51-21-13-10-18-47(44)51)92-73(109)59(34-64(101)102)93-70(106)54(25-28-63(99)100)89-72(108)57(32-43-36-83-50-20-12-9-17-46(43)50)91-68(104)52(22-14-15-29-78)87-69(105)53(24-27-61(81)97)88-71(107)55(30-39(2)3)90-67(103)48(79)23-26-60(80)96/h8-13,16-21,35-37,39-41,48,52-59,65-66,82-84H,7,14-15,22-34,38,78-79H2,1-6H3,(H2,80,96)(H2,81,97)(H,85,112)(H,86,98)(H,87,105)(H,88,107)(H,89,108)(H,90,103)(H,91,104)(H,92,109)(H,93,106)(H,94,111)(H,95,110)(H,99,100)(H,101,102)(H,113,114)/t41-,48-,52-,53-,54-,55-,56-,57-,58-,59-,65-,66-/m0/s1. The van der Waals surface area contributed by atoms with Crippen molar-refractivity contribution < 1.29 is 92.0 Å². The first-order chi connectivity index (χ1) is 54.1. The van der Waals surface area contributed by atoms with E-state index in [4.69, 9.17) is 22.9 Å². The molecule has 12 atom stereocenters. The number of carboxylic acid groups (broad SMARTS) is 3. The zero-order valence-electron chi connectivity index (χ0n) is 64.4. The van der Waals surface area contributed by atoms with Gasteiger partial charge in [-0.3, -0.25) is 71.9 Å². The smallest absolute Gasteiger partial charge is 0.326 e. The molecule has 0 fully saturated rings. The van der Waals surface area contributed by atoms with E-state index in [2.05, 4.69) is 73.4 Å². The molecular weight excluding hydrogens is 1480 g/mol. The topological polar surface area (TPSA) is 618 Å². The van der Waals surface area contributed by atoms with Crippen molar-refractivity contribution in [3.63, 3.8) is 0 Å². The Kier molecular flexibility index (Phi) is 35.0. The fourth-order valence-corrected chi connectivity index (χ4v) is 12.7. The van der Waals surface area contributed by atoms with Crippen LogP contribution in [0.4, 0.5) is 0 Å². The summed E-state index contributed by atoms with van der Waals surface area (Å²) in [5.41, 5.74) is 25.9. The van der Waals surface area contributed by atoms with Crippen LogP contribution in [0.3, 0.4) is 0 Å². The van der Waals surface area contributed by atoms with Crippen molar-refractivity contribution in [3.05, 3.63) is 108 Å². The Morgan fingerprint density at radius 1 is 0.412 bits per heavy atom. The van der Waals surface area contributed by atoms with E-state index in [1.807, 2.05) is 0 Å². The van der Waals surface area contributed by atoms with Gasteiger partial charge in [0.05, 0.1) is 19.0 Å². The Balaban J connectivity index is 1.26. The molecule has 0 aliphatic rings. The van der Waals surface area contributed by atoms with Crippen molar-refractivity contribution in [2.45, 2.75) is 204 Å². The van der Waals surface area contributed by atoms with Gasteiger partial charge in [-0.15, -0.1) is 0 Å². The highest BCUT2D eigenvalue weighted by molar-refractivity contribution is 6.01. The van der Waals surface area contributed by atoms with Gasteiger partial charge < -0.3 is 112 Å². The predicted molar refractivity (Wildman–Crippen MR) is 417 cm³/mol. The van der Waals surface area contributed by atoms with Crippen LogP contribution < -0.4 is 81.4 Å². The van der Waals surface area contributed by atoms with Crippen LogP contribution in [0.2, 0.25) is 0 Å². The second kappa shape index (κ2) is 44.1. The van der Waals surface area contributed by atoms with Crippen LogP contribution in [0.1, 0.15) is 135 Å². The van der Waals surface area contributed by atoms with Gasteiger partial charge in [0, 0.05) is 89.8 Å². The number of unbranched alkanes of at least 4 members (excludes halogenated alkanes) is 1. The van der Waals surface area contributed by atoms with Gasteiger partial charge in [-0.2, -0.15) is 0 Å². The number of nitrogens with one attached hydrogen (secondary N) is 14. The maximum absolute atomic E-state index is 15.0. The number of H-pyrrole nitrogens is 3. The third kappa shape index (κ3) is 27.9. The maximum atomic E-state index is 15.0. The van der Waals surface area contributed by atoms with E-state index >= 15 is 4.79 Å². The number of fused-ring (bicyclic) bond motifs is 3. The molecule has 0 aliphatic carbocycles. The van der Waals surface area contributed by atoms with Crippen molar-refractivity contribution in [1.82, 2.24) is 73.4 Å². The zero-order chi connectivity index (χ0) is 84.0. The van der Waals surface area contributed by atoms with Crippen molar-refractivity contribution in [2.75, 3.05) is 13.1 Å². The summed E-state index contributed by atoms with van der Waals surface area (Å²) < 4.78 is 0. The van der Waals surface area contributed by atoms with Crippen molar-refractivity contribution in [2.24, 2.45) is 40.7 Å². The van der Waals surface area contributed by atoms with E-state index < -0.39 is 212 Å². The van der Waals surface area contributed by atoms with E-state index in [0.717, 1.165) is 10.9 Å². The molecule has 25 N–H and O–H groups in total. The number of aliphatic carboxylic acids is 3. The van der Waals surface area contributed by atoms with Crippen LogP contribution in [0.15, 0.2) is 91.4 Å². The average Bonchev–Trinajstić information content (AvgIpc) is 1.74. The van der Waals surface area contributed by atoms with Crippen LogP contribution >= 0.6 is 0 Å². The summed E-state index contributed by atoms with van der Waals surface area (Å²) in [4.78, 5) is 228. The van der Waals surface area contributed by atoms with Gasteiger partial charge in [-0.25, -0.2) is 4.79 Å². The number of rotatable bonds is 49. The molecule has 3 heterocycles. The summed E-state index contributed by atoms with van der Waals surface area (Å²) in [7, 11) is 0. The van der Waals surface area contributed by atoms with E-state index in [0.29, 0.717) is 51.3 Å². The number of benzene rings is 3. The number of carboxylic acids is 3. The Hall–Kier alpha value is -12.3. The van der Waals surface area contributed by atoms with Crippen LogP contribution in [0.5, 0.6) is 0 Å². The van der Waals surface area contributed by atoms with E-state index in [1.54, 1.807) is 121 Å². The molecule has 37 heteroatoms. The minimum atomic E-state index is -2.11. The molecule has 0 bridgehead atoms. The normalized spacial score (nSPS) is 14.5. The number of carbonyl (C=O) groups is 16. The van der Waals surface area contributed by atoms with Gasteiger partial charge in [0.1, 0.15) is 60.4 Å². The molecule has 37 nitrogen and oxygen atoms in total. The highest BCUT2D eigenvalue weighted by Gasteiger charge is 2.39. The fraction of sp³-hybridized carbons (Fsp3) is 0.481. The molecule has 13 amide bonds. The van der Waals surface area contributed by atoms with Gasteiger partial charge in [-0.1, -0.05) is 103 Å². The van der Waals surface area contributed by atoms with Crippen molar-refractivity contribution >= 4 is 127 Å². The van der Waals surface area contributed by atoms with Crippen molar-refractivity contribution in [3.8, 4) is 0 Å². The molecule has 0 aliphatic heterocycles. The Morgan fingerprint density at radius 2 is 0.789 bits per heavy atom. The maximum Gasteiger partial charge on any atom is 0.326 e. The van der Waals surface area contributed by atoms with Gasteiger partial charge in [0.2, 0.25) is 76.8 Å². The molecule has 0 radical (unpaired) electrons. The quantitative estimate of drug-likeness (QED) is 0.0210. The lowest BCUT2D eigenvalue weighted by Gasteiger charge is -2.28. The van der Waals surface area contributed by atoms with Crippen LogP contribution in [-0.2, 0) is 96.0 Å². The molecule has 0 spiro atoms. The highest BCUT2D eigenvalue weighted by atomic mass is 16.4. The first-order valence-electron chi connectivity index (χ1n) is 37.7. The summed E-state index contributed by atoms with van der Waals surface area (Å²) in [6.45, 7) is 9.35. The van der Waals surface area contributed by atoms with Gasteiger partial charge in [0.15, 0.2) is 0 Å². The molecule has 3 aromatic heterocycles. The molecule has 6 rings (SSSR count). The second-order valence-corrected chi connectivity index (χ2v) is 29.0. The lowest BCUT2D eigenvalue weighted by molar-refractivity contribution is -0.144. The summed E-state index contributed by atoms with van der Waals surface area (Å²) in [5, 5.41) is 60.0. The number of carbonyl (C=O) groups excluding carboxylic acids is 13. The average molecular weight is 1590 g/mol. The summed E-state index contributed by atoms with van der Waals surface area (Å²) in [6, 6.07) is 3.47. The Labute approximate surface area is 656 Å². The zero-order valence-corrected chi connectivity index (χ0v) is 64.4. The molecular formula is C77H106N18O19. The van der Waals surface area contributed by atoms with Gasteiger partial charge >= 0.3 is 17.9 Å². The molecule has 114 heavy (non-hydrogen) atoms. The summed E-state index contributed by atoms with van der Waals surface area (Å²) in [5.74, 6) is -18.7. The van der Waals surface area contributed by atoms with Crippen LogP contribution in [-0.4, -0.2) is 205 Å². The van der Waals surface area contributed by atoms with E-state index in [-0.39, 0.29) is 63.8 Å². The SMILES string of the molecule is CC[C@H](C)[C@H](NC(=O)[C@H](Cc1c[nH]c2ccccc12)NC(=O)CNC(=O)[C@@H](NC(=O)[C@H](Cc1c[nH]c2ccccc12)NC(=O)[C@H](CC(=O)O)NC(=O)[C@H](CCC(=O)O)NC(=O)[C@H](Cc1c[nH]c2ccccc12)NC(=O)[C@H](CCCCN)NC(=O)[C@H](CCC(N)=O)NC(=O)[C@H](CC(C)C)NC(=O)[C@@H](N)CCC(N)=O)C(C)C)C(=O)O. The van der Waals surface area contributed by atoms with Crippen LogP contribution in [0.25, 0.3) is 32.7 Å². The van der Waals surface area contributed by atoms with Crippen LogP contribution in [0, 0.1) is 17.8 Å². The summed E-state index contributed by atoms with van der Waals surface area (Å²) >= 11 is 0. The second-order valence-electron chi connectivity index (χ2n) is 29.0. The lowest BCUT2D eigenvalue weighted by atomic mass is 9.98. The molecule has 6 aromatic rings. The van der Waals surface area contributed by atoms with E-state index in [9.17, 15) is 87.2 Å². The Morgan fingerprint density at radius 3 is 1.21 bits per heavy atom.